The Morgan fingerprint density at radius 2 is 1.77 bits per heavy atom. The first-order valence-electron chi connectivity index (χ1n) is 9.22. The molecular weight excluding hydrogens is 435 g/mol. The molecule has 0 radical (unpaired) electrons. The van der Waals surface area contributed by atoms with Crippen LogP contribution in [0.2, 0.25) is 10.0 Å². The summed E-state index contributed by atoms with van der Waals surface area (Å²) in [6.07, 6.45) is 1.47. The first-order chi connectivity index (χ1) is 15.0. The Hall–Kier alpha value is -3.46. The maximum absolute atomic E-state index is 12.4. The summed E-state index contributed by atoms with van der Waals surface area (Å²) in [5.41, 5.74) is 2.05. The Balaban J connectivity index is 1.68. The van der Waals surface area contributed by atoms with Crippen LogP contribution < -0.4 is 14.8 Å². The number of hydrogen-bond acceptors (Lipinski definition) is 4. The van der Waals surface area contributed by atoms with E-state index in [1.807, 2.05) is 18.2 Å². The predicted octanol–water partition coefficient (Wildman–Crippen LogP) is 6.13. The third-order valence-electron chi connectivity index (χ3n) is 4.29. The van der Waals surface area contributed by atoms with Gasteiger partial charge in [0, 0.05) is 10.7 Å². The highest BCUT2D eigenvalue weighted by Gasteiger charge is 2.11. The molecular formula is C24H18Cl2N2O3. The molecule has 3 rings (SSSR count). The number of nitriles is 1. The van der Waals surface area contributed by atoms with Gasteiger partial charge < -0.3 is 14.8 Å². The van der Waals surface area contributed by atoms with Gasteiger partial charge in [0.05, 0.1) is 12.1 Å². The fourth-order valence-corrected chi connectivity index (χ4v) is 3.02. The Morgan fingerprint density at radius 3 is 2.39 bits per heavy atom. The standard InChI is InChI=1S/C24H18Cl2N2O3/c1-30-21-9-7-20(8-10-21)28-24(29)18(14-27)12-17-4-11-23(22(26)13-17)31-15-16-2-5-19(25)6-3-16/h2-13H,15H2,1H3,(H,28,29). The molecule has 0 fully saturated rings. The van der Waals surface area contributed by atoms with Crippen LogP contribution in [0.1, 0.15) is 11.1 Å². The predicted molar refractivity (Wildman–Crippen MR) is 122 cm³/mol. The average Bonchev–Trinajstić information content (AvgIpc) is 2.78. The van der Waals surface area contributed by atoms with E-state index in [0.717, 1.165) is 5.56 Å². The first kappa shape index (κ1) is 22.2. The van der Waals surface area contributed by atoms with Crippen LogP contribution in [-0.2, 0) is 11.4 Å². The molecule has 0 heterocycles. The van der Waals surface area contributed by atoms with Crippen LogP contribution in [-0.4, -0.2) is 13.0 Å². The van der Waals surface area contributed by atoms with Crippen LogP contribution in [0.5, 0.6) is 11.5 Å². The van der Waals surface area contributed by atoms with Gasteiger partial charge >= 0.3 is 0 Å². The molecule has 0 bridgehead atoms. The first-order valence-corrected chi connectivity index (χ1v) is 9.98. The van der Waals surface area contributed by atoms with Gasteiger partial charge in [0.25, 0.3) is 5.91 Å². The van der Waals surface area contributed by atoms with E-state index in [9.17, 15) is 10.1 Å². The van der Waals surface area contributed by atoms with E-state index in [1.165, 1.54) is 6.08 Å². The molecule has 0 atom stereocenters. The molecule has 3 aromatic rings. The van der Waals surface area contributed by atoms with Crippen molar-refractivity contribution in [1.29, 1.82) is 5.26 Å². The summed E-state index contributed by atoms with van der Waals surface area (Å²) in [5, 5.41) is 13.1. The topological polar surface area (TPSA) is 71.3 Å². The number of halogens is 2. The van der Waals surface area contributed by atoms with Crippen molar-refractivity contribution in [3.63, 3.8) is 0 Å². The molecule has 1 N–H and O–H groups in total. The van der Waals surface area contributed by atoms with E-state index in [0.29, 0.717) is 39.4 Å². The molecule has 0 unspecified atom stereocenters. The number of carbonyl (C=O) groups is 1. The minimum Gasteiger partial charge on any atom is -0.497 e. The van der Waals surface area contributed by atoms with Crippen LogP contribution in [0.3, 0.4) is 0 Å². The number of nitrogens with one attached hydrogen (secondary N) is 1. The third-order valence-corrected chi connectivity index (χ3v) is 4.83. The number of nitrogens with zero attached hydrogens (tertiary/aromatic N) is 1. The third kappa shape index (κ3) is 6.26. The van der Waals surface area contributed by atoms with E-state index < -0.39 is 5.91 Å². The number of amides is 1. The molecule has 0 spiro atoms. The van der Waals surface area contributed by atoms with Crippen LogP contribution in [0, 0.1) is 11.3 Å². The van der Waals surface area contributed by atoms with E-state index in [2.05, 4.69) is 5.32 Å². The number of benzene rings is 3. The Morgan fingerprint density at radius 1 is 1.06 bits per heavy atom. The van der Waals surface area contributed by atoms with Crippen molar-refractivity contribution in [2.75, 3.05) is 12.4 Å². The lowest BCUT2D eigenvalue weighted by atomic mass is 10.1. The highest BCUT2D eigenvalue weighted by Crippen LogP contribution is 2.27. The van der Waals surface area contributed by atoms with Crippen molar-refractivity contribution >= 4 is 40.9 Å². The second-order valence-corrected chi connectivity index (χ2v) is 7.30. The van der Waals surface area contributed by atoms with Gasteiger partial charge in [0.15, 0.2) is 0 Å². The molecule has 0 aliphatic heterocycles. The summed E-state index contributed by atoms with van der Waals surface area (Å²) in [7, 11) is 1.56. The van der Waals surface area contributed by atoms with Gasteiger partial charge in [-0.1, -0.05) is 41.4 Å². The molecule has 31 heavy (non-hydrogen) atoms. The lowest BCUT2D eigenvalue weighted by Crippen LogP contribution is -2.13. The quantitative estimate of drug-likeness (QED) is 0.345. The summed E-state index contributed by atoms with van der Waals surface area (Å²) in [6.45, 7) is 0.333. The summed E-state index contributed by atoms with van der Waals surface area (Å²) in [4.78, 5) is 12.4. The maximum Gasteiger partial charge on any atom is 0.266 e. The second kappa shape index (κ2) is 10.5. The summed E-state index contributed by atoms with van der Waals surface area (Å²) < 4.78 is 10.8. The lowest BCUT2D eigenvalue weighted by molar-refractivity contribution is -0.112. The molecule has 0 saturated carbocycles. The Labute approximate surface area is 190 Å². The number of methoxy groups -OCH3 is 1. The van der Waals surface area contributed by atoms with Gasteiger partial charge in [-0.15, -0.1) is 0 Å². The molecule has 0 aromatic heterocycles. The molecule has 7 heteroatoms. The fraction of sp³-hybridized carbons (Fsp3) is 0.0833. The summed E-state index contributed by atoms with van der Waals surface area (Å²) in [6, 6.07) is 21.1. The lowest BCUT2D eigenvalue weighted by Gasteiger charge is -2.09. The minimum atomic E-state index is -0.521. The van der Waals surface area contributed by atoms with E-state index in [4.69, 9.17) is 32.7 Å². The average molecular weight is 453 g/mol. The van der Waals surface area contributed by atoms with Gasteiger partial charge in [-0.25, -0.2) is 0 Å². The maximum atomic E-state index is 12.4. The zero-order chi connectivity index (χ0) is 22.2. The molecule has 1 amide bonds. The molecule has 0 saturated heterocycles. The summed E-state index contributed by atoms with van der Waals surface area (Å²) in [5.74, 6) is 0.642. The smallest absolute Gasteiger partial charge is 0.266 e. The molecule has 3 aromatic carbocycles. The van der Waals surface area contributed by atoms with Crippen molar-refractivity contribution in [1.82, 2.24) is 0 Å². The second-order valence-electron chi connectivity index (χ2n) is 6.46. The van der Waals surface area contributed by atoms with Gasteiger partial charge in [-0.05, 0) is 65.7 Å². The highest BCUT2D eigenvalue weighted by atomic mass is 35.5. The van der Waals surface area contributed by atoms with Crippen molar-refractivity contribution in [3.05, 3.63) is 93.5 Å². The van der Waals surface area contributed by atoms with Crippen molar-refractivity contribution in [3.8, 4) is 17.6 Å². The number of rotatable bonds is 7. The van der Waals surface area contributed by atoms with Gasteiger partial charge in [0.2, 0.25) is 0 Å². The highest BCUT2D eigenvalue weighted by molar-refractivity contribution is 6.32. The van der Waals surface area contributed by atoms with Crippen molar-refractivity contribution in [2.45, 2.75) is 6.61 Å². The number of ether oxygens (including phenoxy) is 2. The van der Waals surface area contributed by atoms with Crippen LogP contribution in [0.15, 0.2) is 72.3 Å². The number of anilines is 1. The zero-order valence-corrected chi connectivity index (χ0v) is 18.1. The molecule has 0 aliphatic rings. The summed E-state index contributed by atoms with van der Waals surface area (Å²) >= 11 is 12.2. The SMILES string of the molecule is COc1ccc(NC(=O)C(C#N)=Cc2ccc(OCc3ccc(Cl)cc3)c(Cl)c2)cc1. The largest absolute Gasteiger partial charge is 0.497 e. The Kier molecular flexibility index (Phi) is 7.55. The molecule has 5 nitrogen and oxygen atoms in total. The van der Waals surface area contributed by atoms with Gasteiger partial charge in [-0.2, -0.15) is 5.26 Å². The number of carbonyl (C=O) groups excluding carboxylic acids is 1. The van der Waals surface area contributed by atoms with E-state index in [1.54, 1.807) is 61.7 Å². The van der Waals surface area contributed by atoms with Crippen LogP contribution in [0.4, 0.5) is 5.69 Å². The molecule has 0 aliphatic carbocycles. The Bertz CT molecular complexity index is 1130. The number of hydrogen-bond donors (Lipinski definition) is 1. The fourth-order valence-electron chi connectivity index (χ4n) is 2.65. The normalized spacial score (nSPS) is 10.8. The molecule has 156 valence electrons. The van der Waals surface area contributed by atoms with Crippen LogP contribution in [0.25, 0.3) is 6.08 Å². The van der Waals surface area contributed by atoms with E-state index in [-0.39, 0.29) is 5.57 Å². The van der Waals surface area contributed by atoms with Gasteiger partial charge in [-0.3, -0.25) is 4.79 Å². The zero-order valence-electron chi connectivity index (χ0n) is 16.6. The van der Waals surface area contributed by atoms with E-state index >= 15 is 0 Å². The monoisotopic (exact) mass is 452 g/mol. The van der Waals surface area contributed by atoms with Gasteiger partial charge in [0.1, 0.15) is 29.7 Å². The van der Waals surface area contributed by atoms with Crippen molar-refractivity contribution < 1.29 is 14.3 Å². The van der Waals surface area contributed by atoms with Crippen molar-refractivity contribution in [2.24, 2.45) is 0 Å². The minimum absolute atomic E-state index is 0.0540. The van der Waals surface area contributed by atoms with Crippen LogP contribution >= 0.6 is 23.2 Å².